The second-order valence-electron chi connectivity index (χ2n) is 6.01. The lowest BCUT2D eigenvalue weighted by Gasteiger charge is -2.21. The molecule has 3 N–H and O–H groups in total. The summed E-state index contributed by atoms with van der Waals surface area (Å²) >= 11 is 0. The molecular formula is C16H23N7O. The van der Waals surface area contributed by atoms with Gasteiger partial charge in [0.2, 0.25) is 5.82 Å². The van der Waals surface area contributed by atoms with Crippen molar-refractivity contribution in [1.29, 1.82) is 0 Å². The van der Waals surface area contributed by atoms with E-state index in [1.165, 1.54) is 0 Å². The number of carbonyl (C=O) groups excluding carboxylic acids is 1. The average Bonchev–Trinajstić information content (AvgIpc) is 3.25. The lowest BCUT2D eigenvalue weighted by Crippen LogP contribution is -2.33. The Balaban J connectivity index is 1.70. The smallest absolute Gasteiger partial charge is 0.288 e. The monoisotopic (exact) mass is 329 g/mol. The van der Waals surface area contributed by atoms with Crippen molar-refractivity contribution in [3.05, 3.63) is 35.3 Å². The van der Waals surface area contributed by atoms with E-state index < -0.39 is 0 Å². The third-order valence-corrected chi connectivity index (χ3v) is 4.39. The van der Waals surface area contributed by atoms with Crippen LogP contribution in [-0.2, 0) is 6.54 Å². The summed E-state index contributed by atoms with van der Waals surface area (Å²) < 4.78 is 0. The predicted molar refractivity (Wildman–Crippen MR) is 90.9 cm³/mol. The Morgan fingerprint density at radius 2 is 2.25 bits per heavy atom. The highest BCUT2D eigenvalue weighted by Crippen LogP contribution is 2.24. The predicted octanol–water partition coefficient (Wildman–Crippen LogP) is 0.545. The Morgan fingerprint density at radius 3 is 2.96 bits per heavy atom. The maximum Gasteiger partial charge on any atom is 0.288 e. The highest BCUT2D eigenvalue weighted by molar-refractivity contribution is 5.90. The molecule has 0 saturated carbocycles. The number of hydrogen-bond acceptors (Lipinski definition) is 6. The number of nitrogens with one attached hydrogen (secondary N) is 3. The van der Waals surface area contributed by atoms with Gasteiger partial charge < -0.3 is 20.5 Å². The van der Waals surface area contributed by atoms with Crippen LogP contribution in [0.1, 0.15) is 34.1 Å². The first kappa shape index (κ1) is 16.4. The highest BCUT2D eigenvalue weighted by atomic mass is 16.2. The minimum absolute atomic E-state index is 0.225. The average molecular weight is 329 g/mol. The first-order valence-electron chi connectivity index (χ1n) is 8.12. The Labute approximate surface area is 141 Å². The number of imidazole rings is 1. The van der Waals surface area contributed by atoms with E-state index in [4.69, 9.17) is 0 Å². The molecule has 0 spiro atoms. The molecule has 1 saturated heterocycles. The van der Waals surface area contributed by atoms with Crippen molar-refractivity contribution in [2.75, 3.05) is 25.0 Å². The summed E-state index contributed by atoms with van der Waals surface area (Å²) in [5.41, 5.74) is 1.86. The van der Waals surface area contributed by atoms with Gasteiger partial charge in [-0.05, 0) is 20.3 Å². The number of hydrogen-bond donors (Lipinski definition) is 3. The normalized spacial score (nSPS) is 17.3. The number of rotatable bonds is 5. The van der Waals surface area contributed by atoms with Crippen LogP contribution < -0.4 is 15.5 Å². The zero-order chi connectivity index (χ0) is 17.1. The molecule has 8 nitrogen and oxygen atoms in total. The first-order chi connectivity index (χ1) is 11.6. The molecule has 1 fully saturated rings. The quantitative estimate of drug-likeness (QED) is 0.741. The van der Waals surface area contributed by atoms with E-state index in [0.717, 1.165) is 49.0 Å². The molecule has 1 atom stereocenters. The maximum atomic E-state index is 11.9. The van der Waals surface area contributed by atoms with Crippen molar-refractivity contribution in [3.63, 3.8) is 0 Å². The maximum absolute atomic E-state index is 11.9. The van der Waals surface area contributed by atoms with Crippen LogP contribution in [-0.4, -0.2) is 52.0 Å². The molecule has 128 valence electrons. The molecule has 2 aromatic heterocycles. The van der Waals surface area contributed by atoms with Crippen LogP contribution in [0.25, 0.3) is 0 Å². The molecular weight excluding hydrogens is 306 g/mol. The van der Waals surface area contributed by atoms with Crippen LogP contribution >= 0.6 is 0 Å². The molecule has 24 heavy (non-hydrogen) atoms. The Hall–Kier alpha value is -2.48. The van der Waals surface area contributed by atoms with E-state index in [-0.39, 0.29) is 11.7 Å². The van der Waals surface area contributed by atoms with Crippen LogP contribution in [0.15, 0.2) is 12.4 Å². The second-order valence-corrected chi connectivity index (χ2v) is 6.01. The number of carbonyl (C=O) groups is 1. The molecule has 0 aliphatic carbocycles. The summed E-state index contributed by atoms with van der Waals surface area (Å²) in [6.07, 6.45) is 4.61. The first-order valence-corrected chi connectivity index (χ1v) is 8.12. The highest BCUT2D eigenvalue weighted by Gasteiger charge is 2.26. The van der Waals surface area contributed by atoms with Gasteiger partial charge in [0, 0.05) is 49.8 Å². The molecule has 8 heteroatoms. The van der Waals surface area contributed by atoms with Crippen molar-refractivity contribution in [1.82, 2.24) is 30.6 Å². The third-order valence-electron chi connectivity index (χ3n) is 4.39. The van der Waals surface area contributed by atoms with Crippen molar-refractivity contribution >= 4 is 11.7 Å². The molecule has 3 heterocycles. The van der Waals surface area contributed by atoms with Crippen molar-refractivity contribution in [3.8, 4) is 0 Å². The third kappa shape index (κ3) is 3.38. The molecule has 2 aromatic rings. The number of aryl methyl sites for hydroxylation is 1. The Bertz CT molecular complexity index is 713. The van der Waals surface area contributed by atoms with E-state index in [1.54, 1.807) is 13.2 Å². The number of aromatic nitrogens is 4. The van der Waals surface area contributed by atoms with E-state index in [9.17, 15) is 4.79 Å². The summed E-state index contributed by atoms with van der Waals surface area (Å²) in [5, 5.41) is 6.09. The largest absolute Gasteiger partial charge is 0.355 e. The number of amides is 1. The van der Waals surface area contributed by atoms with Gasteiger partial charge in [0.25, 0.3) is 5.91 Å². The van der Waals surface area contributed by atoms with E-state index in [2.05, 4.69) is 35.5 Å². The van der Waals surface area contributed by atoms with Gasteiger partial charge in [-0.2, -0.15) is 0 Å². The molecule has 3 rings (SSSR count). The summed E-state index contributed by atoms with van der Waals surface area (Å²) in [7, 11) is 1.59. The van der Waals surface area contributed by atoms with Crippen LogP contribution in [0.3, 0.4) is 0 Å². The zero-order valence-corrected chi connectivity index (χ0v) is 14.3. The fourth-order valence-corrected chi connectivity index (χ4v) is 2.89. The van der Waals surface area contributed by atoms with Crippen molar-refractivity contribution < 1.29 is 4.79 Å². The van der Waals surface area contributed by atoms with Gasteiger partial charge in [0.05, 0.1) is 6.54 Å². The fraction of sp³-hybridized carbons (Fsp3) is 0.500. The lowest BCUT2D eigenvalue weighted by atomic mass is 10.2. The molecule has 0 bridgehead atoms. The molecule has 0 radical (unpaired) electrons. The van der Waals surface area contributed by atoms with Crippen molar-refractivity contribution in [2.24, 2.45) is 0 Å². The lowest BCUT2D eigenvalue weighted by molar-refractivity contribution is 0.0952. The van der Waals surface area contributed by atoms with E-state index in [1.807, 2.05) is 20.0 Å². The van der Waals surface area contributed by atoms with E-state index >= 15 is 0 Å². The van der Waals surface area contributed by atoms with E-state index in [0.29, 0.717) is 6.04 Å². The molecule has 0 unspecified atom stereocenters. The van der Waals surface area contributed by atoms with Gasteiger partial charge in [0.15, 0.2) is 0 Å². The van der Waals surface area contributed by atoms with Gasteiger partial charge >= 0.3 is 0 Å². The van der Waals surface area contributed by atoms with Crippen LogP contribution in [0.5, 0.6) is 0 Å². The van der Waals surface area contributed by atoms with Crippen molar-refractivity contribution in [2.45, 2.75) is 32.9 Å². The molecule has 1 aliphatic heterocycles. The standard InChI is InChI=1S/C16H23N7O/c1-10-11(2)21-14(16(24)17-3)22-15(10)23-7-4-12(9-23)20-8-13-18-5-6-19-13/h5-6,12,20H,4,7-9H2,1-3H3,(H,17,24)(H,18,19)/t12-/m1/s1. The fourth-order valence-electron chi connectivity index (χ4n) is 2.89. The topological polar surface area (TPSA) is 98.8 Å². The summed E-state index contributed by atoms with van der Waals surface area (Å²) in [5.74, 6) is 1.75. The SMILES string of the molecule is CNC(=O)c1nc(C)c(C)c(N2CC[C@@H](NCc3ncc[nH]3)C2)n1. The summed E-state index contributed by atoms with van der Waals surface area (Å²) in [6.45, 7) is 6.39. The van der Waals surface area contributed by atoms with Gasteiger partial charge in [-0.3, -0.25) is 4.79 Å². The van der Waals surface area contributed by atoms with Gasteiger partial charge in [-0.25, -0.2) is 15.0 Å². The Kier molecular flexibility index (Phi) is 4.75. The number of H-pyrrole nitrogens is 1. The molecule has 0 aromatic carbocycles. The Morgan fingerprint density at radius 1 is 1.42 bits per heavy atom. The summed E-state index contributed by atoms with van der Waals surface area (Å²) in [6, 6.07) is 0.369. The van der Waals surface area contributed by atoms with Crippen LogP contribution in [0.2, 0.25) is 0 Å². The van der Waals surface area contributed by atoms with Gasteiger partial charge in [-0.15, -0.1) is 0 Å². The number of aromatic amines is 1. The van der Waals surface area contributed by atoms with Gasteiger partial charge in [0.1, 0.15) is 11.6 Å². The van der Waals surface area contributed by atoms with Crippen LogP contribution in [0.4, 0.5) is 5.82 Å². The van der Waals surface area contributed by atoms with Crippen LogP contribution in [0, 0.1) is 13.8 Å². The molecule has 1 aliphatic rings. The second kappa shape index (κ2) is 6.96. The van der Waals surface area contributed by atoms with Gasteiger partial charge in [-0.1, -0.05) is 0 Å². The number of anilines is 1. The minimum Gasteiger partial charge on any atom is -0.355 e. The summed E-state index contributed by atoms with van der Waals surface area (Å²) in [4.78, 5) is 30.2. The number of nitrogens with zero attached hydrogens (tertiary/aromatic N) is 4. The minimum atomic E-state index is -0.258. The zero-order valence-electron chi connectivity index (χ0n) is 14.3. The molecule has 1 amide bonds.